The monoisotopic (exact) mass is 459 g/mol. The van der Waals surface area contributed by atoms with Crippen LogP contribution in [0.4, 0.5) is 28.4 Å². The van der Waals surface area contributed by atoms with Crippen LogP contribution in [0.3, 0.4) is 0 Å². The molecule has 3 aromatic carbocycles. The fraction of sp³-hybridized carbons (Fsp3) is 0.0690. The molecule has 0 fully saturated rings. The van der Waals surface area contributed by atoms with E-state index >= 15 is 0 Å². The molecule has 0 spiro atoms. The van der Waals surface area contributed by atoms with Gasteiger partial charge in [0, 0.05) is 59.3 Å². The van der Waals surface area contributed by atoms with E-state index in [4.69, 9.17) is 0 Å². The molecule has 0 saturated carbocycles. The zero-order valence-corrected chi connectivity index (χ0v) is 19.6. The molecule has 2 heterocycles. The average molecular weight is 460 g/mol. The Morgan fingerprint density at radius 3 is 2.37 bits per heavy atom. The molecule has 0 aliphatic rings. The molecule has 0 radical (unpaired) electrons. The third-order valence-corrected chi connectivity index (χ3v) is 5.84. The molecule has 5 rings (SSSR count). The van der Waals surface area contributed by atoms with Crippen LogP contribution in [0, 0.1) is 6.92 Å². The van der Waals surface area contributed by atoms with Crippen molar-refractivity contribution in [1.29, 1.82) is 0 Å². The molecule has 0 saturated heterocycles. The number of fused-ring (bicyclic) bond motifs is 1. The highest BCUT2D eigenvalue weighted by atomic mass is 16.1. The lowest BCUT2D eigenvalue weighted by Gasteiger charge is -2.21. The van der Waals surface area contributed by atoms with Crippen LogP contribution in [-0.4, -0.2) is 22.9 Å². The van der Waals surface area contributed by atoms with E-state index in [1.807, 2.05) is 80.0 Å². The van der Waals surface area contributed by atoms with Gasteiger partial charge in [0.15, 0.2) is 0 Å². The van der Waals surface area contributed by atoms with Gasteiger partial charge in [-0.25, -0.2) is 0 Å². The van der Waals surface area contributed by atoms with E-state index in [0.717, 1.165) is 33.7 Å². The molecule has 0 unspecified atom stereocenters. The Kier molecular flexibility index (Phi) is 6.09. The number of benzene rings is 3. The molecule has 1 amide bonds. The number of hydrogen-bond acceptors (Lipinski definition) is 5. The van der Waals surface area contributed by atoms with Gasteiger partial charge in [-0.1, -0.05) is 18.2 Å². The summed E-state index contributed by atoms with van der Waals surface area (Å²) in [6, 6.07) is 27.3. The molecule has 35 heavy (non-hydrogen) atoms. The van der Waals surface area contributed by atoms with Crippen LogP contribution in [0.1, 0.15) is 15.9 Å². The van der Waals surface area contributed by atoms with Gasteiger partial charge in [0.2, 0.25) is 0 Å². The van der Waals surface area contributed by atoms with Crippen LogP contribution in [0.2, 0.25) is 0 Å². The van der Waals surface area contributed by atoms with Gasteiger partial charge in [0.1, 0.15) is 0 Å². The van der Waals surface area contributed by atoms with Crippen molar-refractivity contribution in [2.45, 2.75) is 6.92 Å². The van der Waals surface area contributed by atoms with Crippen LogP contribution in [0.15, 0.2) is 104 Å². The molecule has 0 aliphatic heterocycles. The number of aromatic nitrogens is 2. The van der Waals surface area contributed by atoms with E-state index in [1.54, 1.807) is 12.4 Å². The molecule has 2 aromatic heterocycles. The number of anilines is 5. The second kappa shape index (κ2) is 9.65. The van der Waals surface area contributed by atoms with Crippen molar-refractivity contribution in [2.24, 2.45) is 0 Å². The van der Waals surface area contributed by atoms with E-state index in [2.05, 4.69) is 50.6 Å². The lowest BCUT2D eigenvalue weighted by atomic mass is 10.1. The summed E-state index contributed by atoms with van der Waals surface area (Å²) in [5.74, 6) is -0.162. The molecule has 5 aromatic rings. The fourth-order valence-electron chi connectivity index (χ4n) is 3.99. The Balaban J connectivity index is 1.30. The van der Waals surface area contributed by atoms with Gasteiger partial charge in [-0.3, -0.25) is 14.8 Å². The molecular formula is C29H25N5O. The Morgan fingerprint density at radius 2 is 1.57 bits per heavy atom. The third-order valence-electron chi connectivity index (χ3n) is 5.84. The van der Waals surface area contributed by atoms with Gasteiger partial charge in [0.05, 0.1) is 11.2 Å². The molecule has 6 nitrogen and oxygen atoms in total. The van der Waals surface area contributed by atoms with Gasteiger partial charge < -0.3 is 15.5 Å². The Hall–Kier alpha value is -4.71. The molecule has 0 aliphatic carbocycles. The van der Waals surface area contributed by atoms with Crippen molar-refractivity contribution < 1.29 is 4.79 Å². The van der Waals surface area contributed by atoms with Crippen LogP contribution in [-0.2, 0) is 0 Å². The normalized spacial score (nSPS) is 10.7. The molecule has 2 N–H and O–H groups in total. The topological polar surface area (TPSA) is 70.2 Å². The third kappa shape index (κ3) is 4.96. The van der Waals surface area contributed by atoms with Gasteiger partial charge in [0.25, 0.3) is 5.91 Å². The van der Waals surface area contributed by atoms with E-state index in [0.29, 0.717) is 11.3 Å². The summed E-state index contributed by atoms with van der Waals surface area (Å²) >= 11 is 0. The molecule has 0 atom stereocenters. The van der Waals surface area contributed by atoms with E-state index in [9.17, 15) is 4.79 Å². The number of nitrogens with one attached hydrogen (secondary N) is 2. The van der Waals surface area contributed by atoms with Gasteiger partial charge in [-0.15, -0.1) is 0 Å². The van der Waals surface area contributed by atoms with Crippen LogP contribution in [0.25, 0.3) is 10.9 Å². The summed E-state index contributed by atoms with van der Waals surface area (Å²) in [5.41, 5.74) is 7.30. The number of pyridine rings is 2. The van der Waals surface area contributed by atoms with Gasteiger partial charge in [-0.2, -0.15) is 0 Å². The highest BCUT2D eigenvalue weighted by Crippen LogP contribution is 2.30. The second-order valence-corrected chi connectivity index (χ2v) is 8.35. The van der Waals surface area contributed by atoms with Gasteiger partial charge in [-0.05, 0) is 79.2 Å². The maximum atomic E-state index is 12.9. The SMILES string of the molecule is Cc1ccc2c(N(C)c3ccc(C(=O)Nc4cccc(Nc5ccncc5)c4)cc3)ccnc2c1. The zero-order valence-electron chi connectivity index (χ0n) is 19.6. The lowest BCUT2D eigenvalue weighted by molar-refractivity contribution is 0.102. The number of hydrogen-bond donors (Lipinski definition) is 2. The lowest BCUT2D eigenvalue weighted by Crippen LogP contribution is -2.13. The molecular weight excluding hydrogens is 434 g/mol. The summed E-state index contributed by atoms with van der Waals surface area (Å²) < 4.78 is 0. The first kappa shape index (κ1) is 22.1. The minimum Gasteiger partial charge on any atom is -0.355 e. The van der Waals surface area contributed by atoms with Gasteiger partial charge >= 0.3 is 0 Å². The number of carbonyl (C=O) groups is 1. The van der Waals surface area contributed by atoms with Crippen LogP contribution in [0.5, 0.6) is 0 Å². The minimum atomic E-state index is -0.162. The summed E-state index contributed by atoms with van der Waals surface area (Å²) in [5, 5.41) is 7.37. The van der Waals surface area contributed by atoms with E-state index in [1.165, 1.54) is 5.56 Å². The zero-order chi connectivity index (χ0) is 24.2. The Labute approximate surface area is 204 Å². The van der Waals surface area contributed by atoms with E-state index < -0.39 is 0 Å². The maximum Gasteiger partial charge on any atom is 0.255 e. The van der Waals surface area contributed by atoms with Crippen molar-refractivity contribution in [3.05, 3.63) is 115 Å². The summed E-state index contributed by atoms with van der Waals surface area (Å²) in [6.45, 7) is 2.06. The smallest absolute Gasteiger partial charge is 0.255 e. The standard InChI is InChI=1S/C29H25N5O/c1-20-6-11-26-27(18-20)31-17-14-28(26)34(2)25-9-7-21(8-10-25)29(35)33-24-5-3-4-23(19-24)32-22-12-15-30-16-13-22/h3-19H,1-2H3,(H,30,32)(H,33,35). The van der Waals surface area contributed by atoms with Crippen molar-refractivity contribution in [3.63, 3.8) is 0 Å². The largest absolute Gasteiger partial charge is 0.355 e. The first-order valence-electron chi connectivity index (χ1n) is 11.3. The maximum absolute atomic E-state index is 12.9. The first-order chi connectivity index (χ1) is 17.1. The number of nitrogens with zero attached hydrogens (tertiary/aromatic N) is 3. The van der Waals surface area contributed by atoms with Crippen molar-refractivity contribution in [3.8, 4) is 0 Å². The van der Waals surface area contributed by atoms with Crippen molar-refractivity contribution in [2.75, 3.05) is 22.6 Å². The molecule has 6 heteroatoms. The Bertz CT molecular complexity index is 1480. The summed E-state index contributed by atoms with van der Waals surface area (Å²) in [7, 11) is 2.02. The minimum absolute atomic E-state index is 0.162. The fourth-order valence-corrected chi connectivity index (χ4v) is 3.99. The molecule has 172 valence electrons. The van der Waals surface area contributed by atoms with Crippen molar-refractivity contribution in [1.82, 2.24) is 9.97 Å². The van der Waals surface area contributed by atoms with E-state index in [-0.39, 0.29) is 5.91 Å². The Morgan fingerprint density at radius 1 is 0.800 bits per heavy atom. The quantitative estimate of drug-likeness (QED) is 0.296. The number of rotatable bonds is 6. The highest BCUT2D eigenvalue weighted by Gasteiger charge is 2.11. The molecule has 0 bridgehead atoms. The average Bonchev–Trinajstić information content (AvgIpc) is 2.88. The number of amides is 1. The highest BCUT2D eigenvalue weighted by molar-refractivity contribution is 6.04. The number of carbonyl (C=O) groups excluding carboxylic acids is 1. The predicted octanol–water partition coefficient (Wildman–Crippen LogP) is 6.70. The second-order valence-electron chi connectivity index (χ2n) is 8.35. The first-order valence-corrected chi connectivity index (χ1v) is 11.3. The predicted molar refractivity (Wildman–Crippen MR) is 143 cm³/mol. The van der Waals surface area contributed by atoms with Crippen LogP contribution < -0.4 is 15.5 Å². The summed E-state index contributed by atoms with van der Waals surface area (Å²) in [6.07, 6.45) is 5.29. The van der Waals surface area contributed by atoms with Crippen molar-refractivity contribution >= 4 is 45.2 Å². The summed E-state index contributed by atoms with van der Waals surface area (Å²) in [4.78, 5) is 23.5. The van der Waals surface area contributed by atoms with Crippen LogP contribution >= 0.6 is 0 Å². The number of aryl methyl sites for hydroxylation is 1.